The van der Waals surface area contributed by atoms with E-state index in [1.165, 1.54) is 12.7 Å². The number of benzene rings is 1. The molecule has 0 bridgehead atoms. The molecule has 1 unspecified atom stereocenters. The highest BCUT2D eigenvalue weighted by Gasteiger charge is 2.60. The lowest BCUT2D eigenvalue weighted by atomic mass is 9.47. The average Bonchev–Trinajstić information content (AvgIpc) is 3.24. The van der Waals surface area contributed by atoms with E-state index in [2.05, 4.69) is 19.9 Å². The topological polar surface area (TPSA) is 43.4 Å². The number of ketones is 1. The monoisotopic (exact) mass is 528 g/mol. The highest BCUT2D eigenvalue weighted by molar-refractivity contribution is 5.89. The third-order valence-electron chi connectivity index (χ3n) is 10.8. The smallest absolute Gasteiger partial charge is 0.392 e. The number of carbonyl (C=O) groups excluding carboxylic acids is 2. The van der Waals surface area contributed by atoms with Crippen molar-refractivity contribution in [1.29, 1.82) is 0 Å². The molecule has 2 fully saturated rings. The van der Waals surface area contributed by atoms with Gasteiger partial charge in [0.25, 0.3) is 0 Å². The van der Waals surface area contributed by atoms with Gasteiger partial charge in [-0.3, -0.25) is 4.79 Å². The molecule has 5 rings (SSSR count). The van der Waals surface area contributed by atoms with Crippen molar-refractivity contribution in [2.75, 3.05) is 7.11 Å². The van der Waals surface area contributed by atoms with Gasteiger partial charge in [-0.2, -0.15) is 13.2 Å². The molecule has 0 aromatic heterocycles. The molecule has 4 aliphatic rings. The first-order valence-corrected chi connectivity index (χ1v) is 14.1. The number of allylic oxidation sites excluding steroid dienone is 3. The van der Waals surface area contributed by atoms with E-state index in [-0.39, 0.29) is 34.9 Å². The van der Waals surface area contributed by atoms with Crippen molar-refractivity contribution >= 4 is 11.8 Å². The first kappa shape index (κ1) is 27.2. The van der Waals surface area contributed by atoms with Crippen molar-refractivity contribution in [3.05, 3.63) is 59.2 Å². The zero-order valence-corrected chi connectivity index (χ0v) is 22.7. The maximum atomic E-state index is 14.0. The van der Waals surface area contributed by atoms with Crippen LogP contribution in [0, 0.1) is 40.4 Å². The van der Waals surface area contributed by atoms with Crippen LogP contribution in [0.4, 0.5) is 13.2 Å². The molecule has 2 saturated carbocycles. The molecule has 206 valence electrons. The molecule has 4 aliphatic carbocycles. The summed E-state index contributed by atoms with van der Waals surface area (Å²) in [5.74, 6) is -1.17. The molecule has 7 atom stereocenters. The quantitative estimate of drug-likeness (QED) is 0.356. The summed E-state index contributed by atoms with van der Waals surface area (Å²) < 4.78 is 47.0. The molecular weight excluding hydrogens is 489 g/mol. The Bertz CT molecular complexity index is 1140. The minimum Gasteiger partial charge on any atom is -0.466 e. The molecule has 6 heteroatoms. The molecule has 0 amide bonds. The van der Waals surface area contributed by atoms with E-state index in [4.69, 9.17) is 4.74 Å². The Morgan fingerprint density at radius 2 is 1.79 bits per heavy atom. The summed E-state index contributed by atoms with van der Waals surface area (Å²) in [6.07, 6.45) is 5.29. The molecule has 1 aromatic carbocycles. The number of methoxy groups -OCH3 is 1. The second-order valence-electron chi connectivity index (χ2n) is 12.6. The van der Waals surface area contributed by atoms with E-state index in [1.54, 1.807) is 30.3 Å². The van der Waals surface area contributed by atoms with Gasteiger partial charge in [0.2, 0.25) is 0 Å². The van der Waals surface area contributed by atoms with E-state index in [9.17, 15) is 22.8 Å². The van der Waals surface area contributed by atoms with Crippen LogP contribution >= 0.6 is 0 Å². The van der Waals surface area contributed by atoms with Gasteiger partial charge in [-0.15, -0.1) is 0 Å². The van der Waals surface area contributed by atoms with Crippen LogP contribution in [-0.2, 0) is 20.7 Å². The van der Waals surface area contributed by atoms with Gasteiger partial charge >= 0.3 is 12.1 Å². The predicted octanol–water partition coefficient (Wildman–Crippen LogP) is 7.66. The van der Waals surface area contributed by atoms with Crippen molar-refractivity contribution in [1.82, 2.24) is 0 Å². The molecule has 0 spiro atoms. The van der Waals surface area contributed by atoms with Crippen molar-refractivity contribution in [3.8, 4) is 0 Å². The standard InChI is InChI=1S/C32H39F3O3/c1-30-15-13-21(29(37)38-3)18-22(30)9-10-24-25-11-12-27(31(25,2)16-14-26(24)30)28(36)19-23(32(33,34)35)17-20-7-5-4-6-8-20/h4-9,18,23-27H,10-17,19H2,1-3H3/t23?,24-,25-,26-,27+,30-,31-/m0/s1. The lowest BCUT2D eigenvalue weighted by Gasteiger charge is -2.57. The van der Waals surface area contributed by atoms with Crippen molar-refractivity contribution in [3.63, 3.8) is 0 Å². The number of fused-ring (bicyclic) bond motifs is 5. The van der Waals surface area contributed by atoms with Crippen molar-refractivity contribution in [2.24, 2.45) is 40.4 Å². The fraction of sp³-hybridized carbons (Fsp3) is 0.625. The summed E-state index contributed by atoms with van der Waals surface area (Å²) in [5, 5.41) is 0. The zero-order chi connectivity index (χ0) is 27.3. The Morgan fingerprint density at radius 3 is 2.47 bits per heavy atom. The Balaban J connectivity index is 1.34. The summed E-state index contributed by atoms with van der Waals surface area (Å²) in [7, 11) is 1.42. The fourth-order valence-electron chi connectivity index (χ4n) is 8.73. The summed E-state index contributed by atoms with van der Waals surface area (Å²) in [6, 6.07) is 8.69. The summed E-state index contributed by atoms with van der Waals surface area (Å²) in [4.78, 5) is 25.7. The molecule has 0 heterocycles. The minimum atomic E-state index is -4.40. The maximum absolute atomic E-state index is 14.0. The Hall–Kier alpha value is -2.37. The van der Waals surface area contributed by atoms with Crippen molar-refractivity contribution in [2.45, 2.75) is 77.8 Å². The third kappa shape index (κ3) is 4.66. The van der Waals surface area contributed by atoms with Gasteiger partial charge < -0.3 is 4.74 Å². The Labute approximate surface area is 223 Å². The first-order valence-electron chi connectivity index (χ1n) is 14.1. The number of ether oxygens (including phenoxy) is 1. The number of carbonyl (C=O) groups is 2. The molecule has 0 radical (unpaired) electrons. The van der Waals surface area contributed by atoms with E-state index < -0.39 is 18.5 Å². The van der Waals surface area contributed by atoms with Gasteiger partial charge in [-0.25, -0.2) is 4.79 Å². The Kier molecular flexibility index (Phi) is 7.15. The van der Waals surface area contributed by atoms with Crippen LogP contribution in [0.1, 0.15) is 70.8 Å². The number of alkyl halides is 3. The zero-order valence-electron chi connectivity index (χ0n) is 22.7. The van der Waals surface area contributed by atoms with Crippen LogP contribution < -0.4 is 0 Å². The lowest BCUT2D eigenvalue weighted by molar-refractivity contribution is -0.180. The molecule has 0 aliphatic heterocycles. The van der Waals surface area contributed by atoms with Gasteiger partial charge in [0, 0.05) is 17.9 Å². The highest BCUT2D eigenvalue weighted by atomic mass is 19.4. The van der Waals surface area contributed by atoms with E-state index >= 15 is 0 Å². The maximum Gasteiger partial charge on any atom is 0.392 e. The van der Waals surface area contributed by atoms with Crippen LogP contribution in [0.25, 0.3) is 0 Å². The first-order chi connectivity index (χ1) is 18.0. The minimum absolute atomic E-state index is 0.0130. The van der Waals surface area contributed by atoms with Crippen molar-refractivity contribution < 1.29 is 27.5 Å². The largest absolute Gasteiger partial charge is 0.466 e. The number of hydrogen-bond donors (Lipinski definition) is 0. The summed E-state index contributed by atoms with van der Waals surface area (Å²) in [5.41, 5.74) is 2.32. The van der Waals surface area contributed by atoms with Gasteiger partial charge in [-0.1, -0.05) is 50.3 Å². The second-order valence-corrected chi connectivity index (χ2v) is 12.6. The number of esters is 1. The predicted molar refractivity (Wildman–Crippen MR) is 140 cm³/mol. The van der Waals surface area contributed by atoms with Crippen LogP contribution in [0.2, 0.25) is 0 Å². The lowest BCUT2D eigenvalue weighted by Crippen LogP contribution is -2.50. The van der Waals surface area contributed by atoms with Gasteiger partial charge in [-0.05, 0) is 97.2 Å². The van der Waals surface area contributed by atoms with Gasteiger partial charge in [0.05, 0.1) is 13.0 Å². The van der Waals surface area contributed by atoms with Crippen LogP contribution in [0.5, 0.6) is 0 Å². The third-order valence-corrected chi connectivity index (χ3v) is 10.8. The SMILES string of the molecule is COC(=O)C1=CC2=CC[C@H]3[C@@H]4CC[C@H](C(=O)CC(Cc5ccccc5)C(F)(F)F)[C@@]4(C)CC[C@@H]3[C@@]2(C)CC1. The van der Waals surface area contributed by atoms with Crippen LogP contribution in [0.15, 0.2) is 53.6 Å². The molecule has 3 nitrogen and oxygen atoms in total. The van der Waals surface area contributed by atoms with Gasteiger partial charge in [0.1, 0.15) is 5.78 Å². The van der Waals surface area contributed by atoms with E-state index in [0.717, 1.165) is 37.7 Å². The normalized spacial score (nSPS) is 35.2. The second kappa shape index (κ2) is 9.98. The summed E-state index contributed by atoms with van der Waals surface area (Å²) >= 11 is 0. The highest BCUT2D eigenvalue weighted by Crippen LogP contribution is 2.66. The molecule has 0 N–H and O–H groups in total. The molecule has 1 aromatic rings. The molecule has 0 saturated heterocycles. The number of Topliss-reactive ketones (excluding diaryl/α,β-unsaturated/α-hetero) is 1. The number of halogens is 3. The van der Waals surface area contributed by atoms with Crippen LogP contribution in [-0.4, -0.2) is 25.0 Å². The molecular formula is C32H39F3O3. The summed E-state index contributed by atoms with van der Waals surface area (Å²) in [6.45, 7) is 4.50. The number of hydrogen-bond acceptors (Lipinski definition) is 3. The number of rotatable bonds is 6. The van der Waals surface area contributed by atoms with E-state index in [1.807, 2.05) is 6.08 Å². The average molecular weight is 529 g/mol. The fourth-order valence-corrected chi connectivity index (χ4v) is 8.73. The molecule has 38 heavy (non-hydrogen) atoms. The van der Waals surface area contributed by atoms with Gasteiger partial charge in [0.15, 0.2) is 0 Å². The van der Waals surface area contributed by atoms with E-state index in [0.29, 0.717) is 36.2 Å². The van der Waals surface area contributed by atoms with Crippen LogP contribution in [0.3, 0.4) is 0 Å². The Morgan fingerprint density at radius 1 is 1.05 bits per heavy atom.